The molecule has 0 unspecified atom stereocenters. The second-order valence-corrected chi connectivity index (χ2v) is 4.59. The lowest BCUT2D eigenvalue weighted by Gasteiger charge is -2.19. The molecule has 0 fully saturated rings. The minimum absolute atomic E-state index is 0.539. The lowest BCUT2D eigenvalue weighted by atomic mass is 10.1. The Morgan fingerprint density at radius 2 is 1.78 bits per heavy atom. The lowest BCUT2D eigenvalue weighted by Crippen LogP contribution is -2.45. The van der Waals surface area contributed by atoms with Crippen molar-refractivity contribution >= 4 is 21.8 Å². The van der Waals surface area contributed by atoms with E-state index in [4.69, 9.17) is 0 Å². The number of amides is 1. The monoisotopic (exact) mass is 327 g/mol. The highest BCUT2D eigenvalue weighted by atomic mass is 79.9. The summed E-state index contributed by atoms with van der Waals surface area (Å²) >= 11 is 3.19. The van der Waals surface area contributed by atoms with E-state index in [-0.39, 0.29) is 0 Å². The Kier molecular flexibility index (Phi) is 4.72. The van der Waals surface area contributed by atoms with Crippen molar-refractivity contribution in [3.05, 3.63) is 34.3 Å². The van der Waals surface area contributed by atoms with Crippen LogP contribution in [0.3, 0.4) is 0 Å². The molecular formula is C11H10BrF4NO. The van der Waals surface area contributed by atoms with Gasteiger partial charge in [-0.2, -0.15) is 8.78 Å². The molecule has 2 nitrogen and oxygen atoms in total. The summed E-state index contributed by atoms with van der Waals surface area (Å²) in [6.45, 7) is 1.43. The topological polar surface area (TPSA) is 29.1 Å². The predicted molar refractivity (Wildman–Crippen MR) is 61.7 cm³/mol. The molecule has 7 heteroatoms. The highest BCUT2D eigenvalue weighted by Gasteiger charge is 2.49. The van der Waals surface area contributed by atoms with Gasteiger partial charge in [-0.15, -0.1) is 0 Å². The van der Waals surface area contributed by atoms with E-state index < -0.39 is 24.3 Å². The van der Waals surface area contributed by atoms with Crippen LogP contribution in [0.2, 0.25) is 0 Å². The number of hydrogen-bond donors (Lipinski definition) is 1. The average Bonchev–Trinajstić information content (AvgIpc) is 2.29. The molecule has 0 aromatic heterocycles. The Morgan fingerprint density at radius 3 is 2.22 bits per heavy atom. The quantitative estimate of drug-likeness (QED) is 0.842. The number of halogens is 5. The van der Waals surface area contributed by atoms with Crippen LogP contribution in [-0.4, -0.2) is 18.3 Å². The number of benzene rings is 1. The lowest BCUT2D eigenvalue weighted by molar-refractivity contribution is -0.170. The molecule has 0 saturated heterocycles. The number of hydrogen-bond acceptors (Lipinski definition) is 1. The summed E-state index contributed by atoms with van der Waals surface area (Å²) < 4.78 is 50.1. The van der Waals surface area contributed by atoms with Gasteiger partial charge in [0.15, 0.2) is 0 Å². The summed E-state index contributed by atoms with van der Waals surface area (Å²) in [5.74, 6) is -6.66. The molecule has 0 aliphatic heterocycles. The maximum absolute atomic E-state index is 12.7. The van der Waals surface area contributed by atoms with Crippen LogP contribution in [0.5, 0.6) is 0 Å². The van der Waals surface area contributed by atoms with Crippen molar-refractivity contribution in [2.24, 2.45) is 0 Å². The fourth-order valence-electron chi connectivity index (χ4n) is 1.23. The van der Waals surface area contributed by atoms with Crippen molar-refractivity contribution in [3.63, 3.8) is 0 Å². The fraction of sp³-hybridized carbons (Fsp3) is 0.364. The zero-order valence-electron chi connectivity index (χ0n) is 9.26. The van der Waals surface area contributed by atoms with Crippen LogP contribution in [0, 0.1) is 0 Å². The predicted octanol–water partition coefficient (Wildman–Crippen LogP) is 3.53. The van der Waals surface area contributed by atoms with E-state index >= 15 is 0 Å². The summed E-state index contributed by atoms with van der Waals surface area (Å²) in [5.41, 5.74) is 0.539. The van der Waals surface area contributed by atoms with Crippen LogP contribution < -0.4 is 5.32 Å². The van der Waals surface area contributed by atoms with E-state index in [9.17, 15) is 22.4 Å². The Balaban J connectivity index is 2.73. The molecule has 1 aromatic carbocycles. The maximum atomic E-state index is 12.7. The molecule has 100 valence electrons. The van der Waals surface area contributed by atoms with E-state index in [1.807, 2.05) is 5.32 Å². The molecule has 0 spiro atoms. The van der Waals surface area contributed by atoms with Gasteiger partial charge in [0.25, 0.3) is 5.91 Å². The van der Waals surface area contributed by atoms with Crippen LogP contribution >= 0.6 is 15.9 Å². The largest absolute Gasteiger partial charge is 0.383 e. The minimum Gasteiger partial charge on any atom is -0.344 e. The molecule has 1 atom stereocenters. The van der Waals surface area contributed by atoms with Crippen LogP contribution in [0.15, 0.2) is 28.7 Å². The minimum atomic E-state index is -4.68. The number of nitrogens with one attached hydrogen (secondary N) is 1. The smallest absolute Gasteiger partial charge is 0.344 e. The van der Waals surface area contributed by atoms with Crippen molar-refractivity contribution < 1.29 is 22.4 Å². The molecule has 0 radical (unpaired) electrons. The van der Waals surface area contributed by atoms with Crippen molar-refractivity contribution in [2.75, 3.05) is 0 Å². The fourth-order valence-corrected chi connectivity index (χ4v) is 1.49. The second kappa shape index (κ2) is 5.69. The van der Waals surface area contributed by atoms with E-state index in [0.717, 1.165) is 4.47 Å². The van der Waals surface area contributed by atoms with Gasteiger partial charge in [0.2, 0.25) is 0 Å². The van der Waals surface area contributed by atoms with Gasteiger partial charge in [0.05, 0.1) is 6.04 Å². The normalized spacial score (nSPS) is 13.5. The van der Waals surface area contributed by atoms with Gasteiger partial charge in [0.1, 0.15) is 0 Å². The number of carbonyl (C=O) groups is 1. The van der Waals surface area contributed by atoms with Crippen molar-refractivity contribution in [1.29, 1.82) is 0 Å². The molecule has 0 heterocycles. The third kappa shape index (κ3) is 3.44. The van der Waals surface area contributed by atoms with Gasteiger partial charge < -0.3 is 5.32 Å². The summed E-state index contributed by atoms with van der Waals surface area (Å²) in [5, 5.41) is 1.85. The molecule has 1 aromatic rings. The van der Waals surface area contributed by atoms with Gasteiger partial charge in [0, 0.05) is 4.47 Å². The molecule has 0 saturated carbocycles. The first kappa shape index (κ1) is 14.9. The molecule has 0 aliphatic rings. The Morgan fingerprint density at radius 1 is 1.28 bits per heavy atom. The number of carbonyl (C=O) groups excluding carboxylic acids is 1. The van der Waals surface area contributed by atoms with Crippen LogP contribution in [0.4, 0.5) is 17.6 Å². The maximum Gasteiger partial charge on any atom is 0.383 e. The summed E-state index contributed by atoms with van der Waals surface area (Å²) in [6.07, 6.45) is -4.02. The Labute approximate surface area is 109 Å². The second-order valence-electron chi connectivity index (χ2n) is 3.67. The van der Waals surface area contributed by atoms with E-state index in [1.54, 1.807) is 24.3 Å². The zero-order valence-corrected chi connectivity index (χ0v) is 10.8. The standard InChI is InChI=1S/C11H10BrF4NO/c1-6(7-2-4-8(12)5-3-7)17-10(18)11(15,16)9(13)14/h2-6,9H,1H3,(H,17,18)/t6-/m1/s1. The molecule has 1 amide bonds. The highest BCUT2D eigenvalue weighted by molar-refractivity contribution is 9.10. The summed E-state index contributed by atoms with van der Waals surface area (Å²) in [4.78, 5) is 11.0. The SMILES string of the molecule is C[C@@H](NC(=O)C(F)(F)C(F)F)c1ccc(Br)cc1. The zero-order chi connectivity index (χ0) is 13.9. The molecule has 1 N–H and O–H groups in total. The highest BCUT2D eigenvalue weighted by Crippen LogP contribution is 2.24. The third-order valence-electron chi connectivity index (χ3n) is 2.29. The van der Waals surface area contributed by atoms with Crippen molar-refractivity contribution in [3.8, 4) is 0 Å². The van der Waals surface area contributed by atoms with Gasteiger partial charge in [-0.05, 0) is 24.6 Å². The number of rotatable bonds is 4. The van der Waals surface area contributed by atoms with Crippen LogP contribution in [0.1, 0.15) is 18.5 Å². The van der Waals surface area contributed by atoms with Crippen molar-refractivity contribution in [1.82, 2.24) is 5.32 Å². The van der Waals surface area contributed by atoms with E-state index in [1.165, 1.54) is 6.92 Å². The first-order valence-corrected chi connectivity index (χ1v) is 5.77. The van der Waals surface area contributed by atoms with Gasteiger partial charge in [-0.1, -0.05) is 28.1 Å². The van der Waals surface area contributed by atoms with Gasteiger partial charge in [-0.25, -0.2) is 8.78 Å². The van der Waals surface area contributed by atoms with Gasteiger partial charge >= 0.3 is 12.3 Å². The Hall–Kier alpha value is -1.11. The van der Waals surface area contributed by atoms with Crippen LogP contribution in [0.25, 0.3) is 0 Å². The molecular weight excluding hydrogens is 318 g/mol. The van der Waals surface area contributed by atoms with Crippen LogP contribution in [-0.2, 0) is 4.79 Å². The van der Waals surface area contributed by atoms with Crippen molar-refractivity contribution in [2.45, 2.75) is 25.3 Å². The number of alkyl halides is 4. The third-order valence-corrected chi connectivity index (χ3v) is 2.82. The summed E-state index contributed by atoms with van der Waals surface area (Å²) in [7, 11) is 0. The van der Waals surface area contributed by atoms with Gasteiger partial charge in [-0.3, -0.25) is 4.79 Å². The average molecular weight is 328 g/mol. The van der Waals surface area contributed by atoms with E-state index in [2.05, 4.69) is 15.9 Å². The molecule has 1 rings (SSSR count). The molecule has 0 bridgehead atoms. The first-order chi connectivity index (χ1) is 8.25. The van der Waals surface area contributed by atoms with E-state index in [0.29, 0.717) is 5.56 Å². The molecule has 0 aliphatic carbocycles. The molecule has 18 heavy (non-hydrogen) atoms. The summed E-state index contributed by atoms with van der Waals surface area (Å²) in [6, 6.07) is 5.72. The first-order valence-electron chi connectivity index (χ1n) is 4.97. The Bertz CT molecular complexity index is 422.